The molecule has 1 aromatic carbocycles. The van der Waals surface area contributed by atoms with Crippen LogP contribution in [-0.2, 0) is 17.8 Å². The van der Waals surface area contributed by atoms with E-state index in [-0.39, 0.29) is 24.8 Å². The van der Waals surface area contributed by atoms with Crippen molar-refractivity contribution in [1.82, 2.24) is 4.90 Å². The molecule has 3 saturated carbocycles. The molecule has 0 unspecified atom stereocenters. The maximum absolute atomic E-state index is 13.6. The summed E-state index contributed by atoms with van der Waals surface area (Å²) in [5, 5.41) is 0. The van der Waals surface area contributed by atoms with E-state index in [1.54, 1.807) is 0 Å². The lowest BCUT2D eigenvalue weighted by Gasteiger charge is -2.66. The van der Waals surface area contributed by atoms with E-state index in [0.717, 1.165) is 32.4 Å². The molecule has 3 fully saturated rings. The van der Waals surface area contributed by atoms with Gasteiger partial charge in [-0.3, -0.25) is 4.79 Å². The van der Waals surface area contributed by atoms with Gasteiger partial charge in [-0.25, -0.2) is 0 Å². The number of carbonyl (C=O) groups excluding carboxylic acids is 1. The average Bonchev–Trinajstić information content (AvgIpc) is 3.03. The molecule has 0 saturated heterocycles. The second-order valence-corrected chi connectivity index (χ2v) is 12.0. The largest absolute Gasteiger partial charge is 0.337 e. The number of carbonyl (C=O) groups is 1. The molecule has 1 heterocycles. The molecule has 0 radical (unpaired) electrons. The van der Waals surface area contributed by atoms with Gasteiger partial charge in [-0.05, 0) is 35.8 Å². The maximum atomic E-state index is 13.6. The second-order valence-electron chi connectivity index (χ2n) is 8.05. The van der Waals surface area contributed by atoms with Crippen LogP contribution in [0.25, 0.3) is 0 Å². The molecule has 2 bridgehead atoms. The SMILES string of the molecule is CC1(C)[C@]2(C(=O)N3CCc4ccccc4C3)CC[C@@]1(C(Br)Br)[C@@H]2Br. The summed E-state index contributed by atoms with van der Waals surface area (Å²) in [6.07, 6.45) is 3.02. The van der Waals surface area contributed by atoms with Crippen molar-refractivity contribution in [2.24, 2.45) is 16.2 Å². The van der Waals surface area contributed by atoms with Crippen LogP contribution in [0.15, 0.2) is 24.3 Å². The van der Waals surface area contributed by atoms with E-state index in [9.17, 15) is 4.79 Å². The number of hydrogen-bond acceptors (Lipinski definition) is 1. The predicted molar refractivity (Wildman–Crippen MR) is 108 cm³/mol. The number of nitrogens with zero attached hydrogens (tertiary/aromatic N) is 1. The van der Waals surface area contributed by atoms with Crippen LogP contribution in [0.3, 0.4) is 0 Å². The molecule has 24 heavy (non-hydrogen) atoms. The molecule has 130 valence electrons. The average molecular weight is 520 g/mol. The van der Waals surface area contributed by atoms with Crippen molar-refractivity contribution in [1.29, 1.82) is 0 Å². The fourth-order valence-corrected chi connectivity index (χ4v) is 10.5. The summed E-state index contributed by atoms with van der Waals surface area (Å²) < 4.78 is 0.224. The fraction of sp³-hybridized carbons (Fsp3) is 0.632. The topological polar surface area (TPSA) is 20.3 Å². The first kappa shape index (κ1) is 17.5. The zero-order chi connectivity index (χ0) is 17.3. The monoisotopic (exact) mass is 517 g/mol. The fourth-order valence-electron chi connectivity index (χ4n) is 5.62. The van der Waals surface area contributed by atoms with Crippen LogP contribution in [0, 0.1) is 16.2 Å². The van der Waals surface area contributed by atoms with Gasteiger partial charge in [-0.2, -0.15) is 0 Å². The molecule has 0 spiro atoms. The van der Waals surface area contributed by atoms with Crippen molar-refractivity contribution in [2.45, 2.75) is 48.2 Å². The van der Waals surface area contributed by atoms with E-state index in [2.05, 4.69) is 90.8 Å². The molecule has 5 heteroatoms. The van der Waals surface area contributed by atoms with Crippen LogP contribution < -0.4 is 0 Å². The Morgan fingerprint density at radius 2 is 1.88 bits per heavy atom. The number of amides is 1. The van der Waals surface area contributed by atoms with Crippen LogP contribution >= 0.6 is 47.8 Å². The highest BCUT2D eigenvalue weighted by atomic mass is 79.9. The van der Waals surface area contributed by atoms with E-state index >= 15 is 0 Å². The predicted octanol–water partition coefficient (Wildman–Crippen LogP) is 5.26. The van der Waals surface area contributed by atoms with Gasteiger partial charge in [0.2, 0.25) is 5.91 Å². The maximum Gasteiger partial charge on any atom is 0.230 e. The quantitative estimate of drug-likeness (QED) is 0.488. The summed E-state index contributed by atoms with van der Waals surface area (Å²) in [4.78, 5) is 16.0. The summed E-state index contributed by atoms with van der Waals surface area (Å²) in [6, 6.07) is 8.52. The lowest BCUT2D eigenvalue weighted by molar-refractivity contribution is -0.173. The van der Waals surface area contributed by atoms with Gasteiger partial charge in [0.1, 0.15) is 0 Å². The Balaban J connectivity index is 1.65. The molecular formula is C19H22Br3NO. The minimum Gasteiger partial charge on any atom is -0.337 e. The molecule has 0 N–H and O–H groups in total. The van der Waals surface area contributed by atoms with E-state index in [1.807, 2.05) is 0 Å². The van der Waals surface area contributed by atoms with Gasteiger partial charge >= 0.3 is 0 Å². The zero-order valence-corrected chi connectivity index (χ0v) is 18.7. The van der Waals surface area contributed by atoms with Crippen molar-refractivity contribution in [2.75, 3.05) is 6.54 Å². The highest BCUT2D eigenvalue weighted by Gasteiger charge is 2.83. The number of alkyl halides is 3. The molecule has 2 nitrogen and oxygen atoms in total. The lowest BCUT2D eigenvalue weighted by Crippen LogP contribution is -2.72. The van der Waals surface area contributed by atoms with Crippen LogP contribution in [0.5, 0.6) is 0 Å². The van der Waals surface area contributed by atoms with Gasteiger partial charge in [0.25, 0.3) is 0 Å². The Morgan fingerprint density at radius 3 is 2.46 bits per heavy atom. The summed E-state index contributed by atoms with van der Waals surface area (Å²) >= 11 is 11.5. The first-order valence-electron chi connectivity index (χ1n) is 8.57. The van der Waals surface area contributed by atoms with Gasteiger partial charge in [-0.15, -0.1) is 0 Å². The molecule has 0 aromatic heterocycles. The number of benzene rings is 1. The summed E-state index contributed by atoms with van der Waals surface area (Å²) in [5.41, 5.74) is 2.49. The van der Waals surface area contributed by atoms with E-state index in [4.69, 9.17) is 0 Å². The normalized spacial score (nSPS) is 36.4. The molecule has 3 atom stereocenters. The summed E-state index contributed by atoms with van der Waals surface area (Å²) in [7, 11) is 0. The minimum absolute atomic E-state index is 0.0279. The third kappa shape index (κ3) is 1.85. The molecular weight excluding hydrogens is 498 g/mol. The van der Waals surface area contributed by atoms with Crippen molar-refractivity contribution >= 4 is 53.7 Å². The number of halogens is 3. The third-order valence-corrected chi connectivity index (χ3v) is 10.5. The summed E-state index contributed by atoms with van der Waals surface area (Å²) in [5.74, 6) is 0.345. The molecule has 4 aliphatic rings. The van der Waals surface area contributed by atoms with Gasteiger partial charge in [0, 0.05) is 23.3 Å². The summed E-state index contributed by atoms with van der Waals surface area (Å²) in [6.45, 7) is 6.16. The van der Waals surface area contributed by atoms with Crippen molar-refractivity contribution in [3.63, 3.8) is 0 Å². The third-order valence-electron chi connectivity index (χ3n) is 7.29. The Bertz CT molecular complexity index is 704. The van der Waals surface area contributed by atoms with E-state index in [1.165, 1.54) is 11.1 Å². The number of fused-ring (bicyclic) bond motifs is 2. The smallest absolute Gasteiger partial charge is 0.230 e. The lowest BCUT2D eigenvalue weighted by atomic mass is 9.43. The molecule has 1 aliphatic heterocycles. The zero-order valence-electron chi connectivity index (χ0n) is 14.0. The Morgan fingerprint density at radius 1 is 1.21 bits per heavy atom. The minimum atomic E-state index is -0.279. The number of hydrogen-bond donors (Lipinski definition) is 0. The van der Waals surface area contributed by atoms with E-state index < -0.39 is 0 Å². The van der Waals surface area contributed by atoms with Crippen molar-refractivity contribution in [3.8, 4) is 0 Å². The van der Waals surface area contributed by atoms with Gasteiger partial charge in [0.05, 0.1) is 9.15 Å². The highest BCUT2D eigenvalue weighted by molar-refractivity contribution is 9.24. The first-order chi connectivity index (χ1) is 11.3. The Hall–Kier alpha value is 0.130. The van der Waals surface area contributed by atoms with Crippen molar-refractivity contribution in [3.05, 3.63) is 35.4 Å². The van der Waals surface area contributed by atoms with E-state index in [0.29, 0.717) is 5.91 Å². The highest BCUT2D eigenvalue weighted by Crippen LogP contribution is 2.82. The van der Waals surface area contributed by atoms with Crippen LogP contribution in [0.1, 0.15) is 37.8 Å². The van der Waals surface area contributed by atoms with Gasteiger partial charge in [-0.1, -0.05) is 85.9 Å². The van der Waals surface area contributed by atoms with Gasteiger partial charge in [0.15, 0.2) is 0 Å². The Labute approximate surface area is 169 Å². The molecule has 1 aromatic rings. The Kier molecular flexibility index (Phi) is 4.06. The molecule has 1 amide bonds. The molecule has 5 rings (SSSR count). The van der Waals surface area contributed by atoms with Crippen LogP contribution in [0.4, 0.5) is 0 Å². The van der Waals surface area contributed by atoms with Crippen molar-refractivity contribution < 1.29 is 4.79 Å². The van der Waals surface area contributed by atoms with Crippen LogP contribution in [0.2, 0.25) is 0 Å². The standard InChI is InChI=1S/C19H22Br3NO/c1-17(2)18(15(21)22)8-9-19(17,14(18)20)16(24)23-10-7-12-5-3-4-6-13(12)11-23/h3-6,14-15H,7-11H2,1-2H3/t14-,18-,19+/m0/s1. The van der Waals surface area contributed by atoms with Crippen LogP contribution in [-0.4, -0.2) is 25.9 Å². The number of rotatable bonds is 2. The second kappa shape index (κ2) is 5.56. The molecule has 3 aliphatic carbocycles. The first-order valence-corrected chi connectivity index (χ1v) is 11.3. The van der Waals surface area contributed by atoms with Gasteiger partial charge < -0.3 is 4.90 Å².